The highest BCUT2D eigenvalue weighted by Crippen LogP contribution is 2.16. The molecule has 5 heteroatoms. The van der Waals surface area contributed by atoms with Gasteiger partial charge in [0.15, 0.2) is 0 Å². The summed E-state index contributed by atoms with van der Waals surface area (Å²) in [4.78, 5) is 0. The molecule has 1 aromatic carbocycles. The van der Waals surface area contributed by atoms with Crippen LogP contribution in [0.5, 0.6) is 0 Å². The van der Waals surface area contributed by atoms with Gasteiger partial charge >= 0.3 is 0 Å². The van der Waals surface area contributed by atoms with Gasteiger partial charge in [-0.25, -0.2) is 8.78 Å². The van der Waals surface area contributed by atoms with Gasteiger partial charge in [-0.1, -0.05) is 0 Å². The molecule has 0 aliphatic carbocycles. The Kier molecular flexibility index (Phi) is 3.72. The Morgan fingerprint density at radius 1 is 1.28 bits per heavy atom. The van der Waals surface area contributed by atoms with Gasteiger partial charge in [0, 0.05) is 31.9 Å². The Bertz CT molecular complexity index is 517. The molecule has 3 nitrogen and oxygen atoms in total. The minimum atomic E-state index is -0.559. The molecule has 1 N–H and O–H groups in total. The van der Waals surface area contributed by atoms with E-state index in [1.165, 1.54) is 12.1 Å². The van der Waals surface area contributed by atoms with Gasteiger partial charge in [-0.15, -0.1) is 0 Å². The van der Waals surface area contributed by atoms with Crippen LogP contribution in [-0.4, -0.2) is 9.78 Å². The van der Waals surface area contributed by atoms with Crippen molar-refractivity contribution < 1.29 is 8.78 Å². The molecule has 1 unspecified atom stereocenters. The van der Waals surface area contributed by atoms with Gasteiger partial charge in [-0.3, -0.25) is 4.68 Å². The van der Waals surface area contributed by atoms with E-state index >= 15 is 0 Å². The molecule has 0 spiro atoms. The standard InChI is InChI=1S/C13H15F2N3/c1-9(10-5-11(14)7-12(15)6-10)16-8-13-3-4-18(2)17-13/h3-7,9,16H,8H2,1-2H3. The normalized spacial score (nSPS) is 12.7. The number of hydrogen-bond donors (Lipinski definition) is 1. The molecule has 1 atom stereocenters. The van der Waals surface area contributed by atoms with Crippen molar-refractivity contribution in [3.8, 4) is 0 Å². The second-order valence-corrected chi connectivity index (χ2v) is 4.29. The van der Waals surface area contributed by atoms with Crippen LogP contribution >= 0.6 is 0 Å². The van der Waals surface area contributed by atoms with E-state index in [9.17, 15) is 8.78 Å². The number of aryl methyl sites for hydroxylation is 1. The number of benzene rings is 1. The summed E-state index contributed by atoms with van der Waals surface area (Å²) in [6, 6.07) is 5.29. The largest absolute Gasteiger partial charge is 0.304 e. The van der Waals surface area contributed by atoms with Crippen LogP contribution in [0, 0.1) is 11.6 Å². The van der Waals surface area contributed by atoms with Crippen molar-refractivity contribution in [2.75, 3.05) is 0 Å². The van der Waals surface area contributed by atoms with Crippen molar-refractivity contribution in [1.82, 2.24) is 15.1 Å². The summed E-state index contributed by atoms with van der Waals surface area (Å²) < 4.78 is 27.9. The number of rotatable bonds is 4. The SMILES string of the molecule is CC(NCc1ccn(C)n1)c1cc(F)cc(F)c1. The van der Waals surface area contributed by atoms with Crippen LogP contribution in [0.25, 0.3) is 0 Å². The van der Waals surface area contributed by atoms with Crippen LogP contribution in [0.1, 0.15) is 24.2 Å². The third-order valence-corrected chi connectivity index (χ3v) is 2.74. The lowest BCUT2D eigenvalue weighted by Gasteiger charge is -2.13. The van der Waals surface area contributed by atoms with Crippen molar-refractivity contribution in [3.05, 3.63) is 53.4 Å². The minimum absolute atomic E-state index is 0.141. The zero-order valence-corrected chi connectivity index (χ0v) is 10.3. The highest BCUT2D eigenvalue weighted by Gasteiger charge is 2.08. The van der Waals surface area contributed by atoms with E-state index in [1.807, 2.05) is 26.2 Å². The fourth-order valence-electron chi connectivity index (χ4n) is 1.76. The Balaban J connectivity index is 2.01. The maximum atomic E-state index is 13.1. The molecule has 0 aliphatic rings. The predicted molar refractivity (Wildman–Crippen MR) is 64.8 cm³/mol. The van der Waals surface area contributed by atoms with Gasteiger partial charge in [0.1, 0.15) is 11.6 Å². The van der Waals surface area contributed by atoms with E-state index in [1.54, 1.807) is 4.68 Å². The number of hydrogen-bond acceptors (Lipinski definition) is 2. The maximum absolute atomic E-state index is 13.1. The molecule has 0 radical (unpaired) electrons. The van der Waals surface area contributed by atoms with Crippen molar-refractivity contribution in [2.45, 2.75) is 19.5 Å². The zero-order chi connectivity index (χ0) is 13.1. The average Bonchev–Trinajstić information content (AvgIpc) is 2.70. The van der Waals surface area contributed by atoms with E-state index in [-0.39, 0.29) is 6.04 Å². The molecule has 18 heavy (non-hydrogen) atoms. The van der Waals surface area contributed by atoms with Crippen LogP contribution < -0.4 is 5.32 Å². The Labute approximate surface area is 104 Å². The fourth-order valence-corrected chi connectivity index (χ4v) is 1.76. The Morgan fingerprint density at radius 3 is 2.50 bits per heavy atom. The Hall–Kier alpha value is -1.75. The molecule has 0 saturated heterocycles. The van der Waals surface area contributed by atoms with Gasteiger partial charge < -0.3 is 5.32 Å². The number of nitrogens with one attached hydrogen (secondary N) is 1. The van der Waals surface area contributed by atoms with E-state index < -0.39 is 11.6 Å². The summed E-state index contributed by atoms with van der Waals surface area (Å²) >= 11 is 0. The fraction of sp³-hybridized carbons (Fsp3) is 0.308. The van der Waals surface area contributed by atoms with Crippen LogP contribution in [-0.2, 0) is 13.6 Å². The smallest absolute Gasteiger partial charge is 0.126 e. The third-order valence-electron chi connectivity index (χ3n) is 2.74. The first kappa shape index (κ1) is 12.7. The summed E-state index contributed by atoms with van der Waals surface area (Å²) in [5.41, 5.74) is 1.48. The molecule has 1 aromatic heterocycles. The van der Waals surface area contributed by atoms with Gasteiger partial charge in [0.2, 0.25) is 0 Å². The van der Waals surface area contributed by atoms with Gasteiger partial charge in [-0.05, 0) is 30.7 Å². The van der Waals surface area contributed by atoms with Crippen LogP contribution in [0.3, 0.4) is 0 Å². The molecule has 1 heterocycles. The molecular formula is C13H15F2N3. The lowest BCUT2D eigenvalue weighted by Crippen LogP contribution is -2.18. The van der Waals surface area contributed by atoms with Crippen LogP contribution in [0.2, 0.25) is 0 Å². The van der Waals surface area contributed by atoms with Gasteiger partial charge in [0.25, 0.3) is 0 Å². The molecule has 0 aliphatic heterocycles. The summed E-state index contributed by atoms with van der Waals surface area (Å²) in [6.45, 7) is 2.41. The summed E-state index contributed by atoms with van der Waals surface area (Å²) in [5.74, 6) is -1.12. The summed E-state index contributed by atoms with van der Waals surface area (Å²) in [5, 5.41) is 7.39. The van der Waals surface area contributed by atoms with Crippen molar-refractivity contribution in [2.24, 2.45) is 7.05 Å². The van der Waals surface area contributed by atoms with E-state index in [0.717, 1.165) is 11.8 Å². The van der Waals surface area contributed by atoms with Crippen molar-refractivity contribution >= 4 is 0 Å². The highest BCUT2D eigenvalue weighted by atomic mass is 19.1. The molecule has 0 amide bonds. The second-order valence-electron chi connectivity index (χ2n) is 4.29. The lowest BCUT2D eigenvalue weighted by atomic mass is 10.1. The van der Waals surface area contributed by atoms with Crippen LogP contribution in [0.4, 0.5) is 8.78 Å². The first-order chi connectivity index (χ1) is 8.54. The third kappa shape index (κ3) is 3.13. The van der Waals surface area contributed by atoms with Crippen molar-refractivity contribution in [3.63, 3.8) is 0 Å². The van der Waals surface area contributed by atoms with E-state index in [0.29, 0.717) is 12.1 Å². The summed E-state index contributed by atoms with van der Waals surface area (Å²) in [7, 11) is 1.84. The number of halogens is 2. The number of nitrogens with zero attached hydrogens (tertiary/aromatic N) is 2. The first-order valence-corrected chi connectivity index (χ1v) is 5.72. The quantitative estimate of drug-likeness (QED) is 0.905. The van der Waals surface area contributed by atoms with E-state index in [4.69, 9.17) is 0 Å². The molecule has 0 bridgehead atoms. The highest BCUT2D eigenvalue weighted by molar-refractivity contribution is 5.21. The van der Waals surface area contributed by atoms with Gasteiger partial charge in [0.05, 0.1) is 5.69 Å². The van der Waals surface area contributed by atoms with Gasteiger partial charge in [-0.2, -0.15) is 5.10 Å². The summed E-state index contributed by atoms with van der Waals surface area (Å²) in [6.07, 6.45) is 1.85. The topological polar surface area (TPSA) is 29.9 Å². The van der Waals surface area contributed by atoms with E-state index in [2.05, 4.69) is 10.4 Å². The lowest BCUT2D eigenvalue weighted by molar-refractivity contribution is 0.539. The Morgan fingerprint density at radius 2 is 1.94 bits per heavy atom. The molecule has 96 valence electrons. The maximum Gasteiger partial charge on any atom is 0.126 e. The first-order valence-electron chi connectivity index (χ1n) is 5.72. The molecule has 2 rings (SSSR count). The molecular weight excluding hydrogens is 236 g/mol. The second kappa shape index (κ2) is 5.27. The number of aromatic nitrogens is 2. The zero-order valence-electron chi connectivity index (χ0n) is 10.3. The monoisotopic (exact) mass is 251 g/mol. The molecule has 0 fully saturated rings. The predicted octanol–water partition coefficient (Wildman–Crippen LogP) is 2.55. The van der Waals surface area contributed by atoms with Crippen molar-refractivity contribution in [1.29, 1.82) is 0 Å². The molecule has 2 aromatic rings. The minimum Gasteiger partial charge on any atom is -0.304 e. The van der Waals surface area contributed by atoms with Crippen LogP contribution in [0.15, 0.2) is 30.5 Å². The average molecular weight is 251 g/mol. The molecule has 0 saturated carbocycles.